The number of carbonyl (C=O) groups is 2. The summed E-state index contributed by atoms with van der Waals surface area (Å²) in [6, 6.07) is 13.4. The second-order valence-electron chi connectivity index (χ2n) is 6.23. The van der Waals surface area contributed by atoms with E-state index in [1.807, 2.05) is 0 Å². The summed E-state index contributed by atoms with van der Waals surface area (Å²) in [5, 5.41) is 2.86. The SMILES string of the molecule is Cl.NC(=O)c1ccc(Oc2ccc(C(=O)NCC(N)C3CC3)cc2)cc1. The van der Waals surface area contributed by atoms with Crippen molar-refractivity contribution >= 4 is 24.2 Å². The number of nitrogens with two attached hydrogens (primary N) is 2. The summed E-state index contributed by atoms with van der Waals surface area (Å²) < 4.78 is 5.68. The van der Waals surface area contributed by atoms with Crippen molar-refractivity contribution in [3.63, 3.8) is 0 Å². The predicted octanol–water partition coefficient (Wildman–Crippen LogP) is 2.47. The van der Waals surface area contributed by atoms with Gasteiger partial charge < -0.3 is 21.5 Å². The van der Waals surface area contributed by atoms with Crippen LogP contribution in [0.5, 0.6) is 11.5 Å². The Morgan fingerprint density at radius 3 is 1.96 bits per heavy atom. The molecule has 1 aliphatic carbocycles. The smallest absolute Gasteiger partial charge is 0.251 e. The van der Waals surface area contributed by atoms with Gasteiger partial charge in [0.1, 0.15) is 11.5 Å². The number of benzene rings is 2. The van der Waals surface area contributed by atoms with Crippen molar-refractivity contribution in [2.24, 2.45) is 17.4 Å². The lowest BCUT2D eigenvalue weighted by molar-refractivity contribution is 0.0949. The van der Waals surface area contributed by atoms with E-state index in [2.05, 4.69) is 5.32 Å². The Kier molecular flexibility index (Phi) is 6.60. The third-order valence-electron chi connectivity index (χ3n) is 4.22. The average molecular weight is 376 g/mol. The molecule has 0 spiro atoms. The topological polar surface area (TPSA) is 107 Å². The maximum atomic E-state index is 12.1. The first-order valence-corrected chi connectivity index (χ1v) is 8.24. The van der Waals surface area contributed by atoms with Crippen molar-refractivity contribution in [3.8, 4) is 11.5 Å². The van der Waals surface area contributed by atoms with Crippen LogP contribution in [0.15, 0.2) is 48.5 Å². The zero-order valence-electron chi connectivity index (χ0n) is 14.2. The maximum absolute atomic E-state index is 12.1. The minimum absolute atomic E-state index is 0. The molecule has 0 aromatic heterocycles. The molecule has 0 aliphatic heterocycles. The summed E-state index contributed by atoms with van der Waals surface area (Å²) in [7, 11) is 0. The van der Waals surface area contributed by atoms with E-state index < -0.39 is 5.91 Å². The van der Waals surface area contributed by atoms with Crippen LogP contribution in [-0.4, -0.2) is 24.4 Å². The number of amides is 2. The first-order chi connectivity index (χ1) is 12.0. The third-order valence-corrected chi connectivity index (χ3v) is 4.22. The number of primary amides is 1. The molecule has 7 heteroatoms. The summed E-state index contributed by atoms with van der Waals surface area (Å²) in [6.07, 6.45) is 2.31. The van der Waals surface area contributed by atoms with Gasteiger partial charge in [-0.1, -0.05) is 0 Å². The molecule has 3 rings (SSSR count). The average Bonchev–Trinajstić information content (AvgIpc) is 3.45. The molecule has 2 aromatic rings. The summed E-state index contributed by atoms with van der Waals surface area (Å²) in [4.78, 5) is 23.2. The Labute approximate surface area is 158 Å². The Morgan fingerprint density at radius 1 is 1.00 bits per heavy atom. The summed E-state index contributed by atoms with van der Waals surface area (Å²) in [5.74, 6) is 1.10. The number of nitrogens with one attached hydrogen (secondary N) is 1. The number of ether oxygens (including phenoxy) is 1. The van der Waals surface area contributed by atoms with Gasteiger partial charge in [-0.15, -0.1) is 12.4 Å². The van der Waals surface area contributed by atoms with Gasteiger partial charge in [0.25, 0.3) is 5.91 Å². The minimum atomic E-state index is -0.483. The molecule has 5 N–H and O–H groups in total. The van der Waals surface area contributed by atoms with Crippen molar-refractivity contribution in [2.75, 3.05) is 6.54 Å². The lowest BCUT2D eigenvalue weighted by atomic mass is 10.1. The van der Waals surface area contributed by atoms with Gasteiger partial charge in [-0.25, -0.2) is 0 Å². The highest BCUT2D eigenvalue weighted by Crippen LogP contribution is 2.31. The number of hydrogen-bond acceptors (Lipinski definition) is 4. The first-order valence-electron chi connectivity index (χ1n) is 8.24. The summed E-state index contributed by atoms with van der Waals surface area (Å²) >= 11 is 0. The lowest BCUT2D eigenvalue weighted by Crippen LogP contribution is -2.38. The van der Waals surface area contributed by atoms with E-state index in [0.717, 1.165) is 12.8 Å². The normalized spacial score (nSPS) is 14.0. The summed E-state index contributed by atoms with van der Waals surface area (Å²) in [5.41, 5.74) is 12.2. The van der Waals surface area contributed by atoms with Crippen LogP contribution in [-0.2, 0) is 0 Å². The van der Waals surface area contributed by atoms with Crippen LogP contribution in [0.25, 0.3) is 0 Å². The van der Waals surface area contributed by atoms with E-state index in [1.54, 1.807) is 48.5 Å². The predicted molar refractivity (Wildman–Crippen MR) is 102 cm³/mol. The second-order valence-corrected chi connectivity index (χ2v) is 6.23. The van der Waals surface area contributed by atoms with Gasteiger partial charge in [0, 0.05) is 23.7 Å². The molecule has 138 valence electrons. The molecule has 1 unspecified atom stereocenters. The second kappa shape index (κ2) is 8.69. The van der Waals surface area contributed by atoms with Crippen LogP contribution in [0.3, 0.4) is 0 Å². The molecule has 1 fully saturated rings. The Hall–Kier alpha value is -2.57. The van der Waals surface area contributed by atoms with Gasteiger partial charge >= 0.3 is 0 Å². The van der Waals surface area contributed by atoms with E-state index in [1.165, 1.54) is 0 Å². The van der Waals surface area contributed by atoms with E-state index in [9.17, 15) is 9.59 Å². The Morgan fingerprint density at radius 2 is 1.50 bits per heavy atom. The van der Waals surface area contributed by atoms with Crippen LogP contribution >= 0.6 is 12.4 Å². The molecule has 0 heterocycles. The molecular weight excluding hydrogens is 354 g/mol. The molecule has 6 nitrogen and oxygen atoms in total. The number of rotatable bonds is 7. The Balaban J connectivity index is 0.00000243. The summed E-state index contributed by atoms with van der Waals surface area (Å²) in [6.45, 7) is 0.494. The molecule has 26 heavy (non-hydrogen) atoms. The third kappa shape index (κ3) is 5.21. The zero-order valence-corrected chi connectivity index (χ0v) is 15.0. The fourth-order valence-corrected chi connectivity index (χ4v) is 2.50. The van der Waals surface area contributed by atoms with Crippen molar-refractivity contribution < 1.29 is 14.3 Å². The maximum Gasteiger partial charge on any atom is 0.251 e. The lowest BCUT2D eigenvalue weighted by Gasteiger charge is -2.12. The van der Waals surface area contributed by atoms with Crippen LogP contribution in [0.4, 0.5) is 0 Å². The zero-order chi connectivity index (χ0) is 17.8. The fourth-order valence-electron chi connectivity index (χ4n) is 2.50. The van der Waals surface area contributed by atoms with Gasteiger partial charge in [0.15, 0.2) is 0 Å². The number of hydrogen-bond donors (Lipinski definition) is 3. The molecule has 2 aromatic carbocycles. The molecule has 0 bridgehead atoms. The monoisotopic (exact) mass is 375 g/mol. The minimum Gasteiger partial charge on any atom is -0.457 e. The van der Waals surface area contributed by atoms with Crippen molar-refractivity contribution in [1.29, 1.82) is 0 Å². The van der Waals surface area contributed by atoms with Gasteiger partial charge in [-0.2, -0.15) is 0 Å². The van der Waals surface area contributed by atoms with Gasteiger partial charge in [-0.05, 0) is 67.3 Å². The standard InChI is InChI=1S/C19H21N3O3.ClH/c20-17(12-1-2-12)11-22-19(24)14-5-9-16(10-6-14)25-15-7-3-13(4-8-15)18(21)23;/h3-10,12,17H,1-2,11,20H2,(H2,21,23)(H,22,24);1H. The molecule has 0 radical (unpaired) electrons. The van der Waals surface area contributed by atoms with Crippen molar-refractivity contribution in [3.05, 3.63) is 59.7 Å². The van der Waals surface area contributed by atoms with Crippen molar-refractivity contribution in [1.82, 2.24) is 5.32 Å². The van der Waals surface area contributed by atoms with Crippen molar-refractivity contribution in [2.45, 2.75) is 18.9 Å². The van der Waals surface area contributed by atoms with Crippen LogP contribution in [0.2, 0.25) is 0 Å². The van der Waals surface area contributed by atoms with Crippen LogP contribution < -0.4 is 21.5 Å². The molecule has 1 aliphatic rings. The molecule has 0 saturated heterocycles. The number of carbonyl (C=O) groups excluding carboxylic acids is 2. The fraction of sp³-hybridized carbons (Fsp3) is 0.263. The van der Waals surface area contributed by atoms with Crippen LogP contribution in [0.1, 0.15) is 33.6 Å². The quantitative estimate of drug-likeness (QED) is 0.690. The van der Waals surface area contributed by atoms with Gasteiger partial charge in [-0.3, -0.25) is 9.59 Å². The van der Waals surface area contributed by atoms with E-state index >= 15 is 0 Å². The molecule has 2 amide bonds. The van der Waals surface area contributed by atoms with E-state index in [4.69, 9.17) is 16.2 Å². The highest BCUT2D eigenvalue weighted by Gasteiger charge is 2.28. The largest absolute Gasteiger partial charge is 0.457 e. The Bertz CT molecular complexity index is 759. The molecule has 1 atom stereocenters. The van der Waals surface area contributed by atoms with Crippen LogP contribution in [0, 0.1) is 5.92 Å². The molecule has 1 saturated carbocycles. The number of halogens is 1. The van der Waals surface area contributed by atoms with Gasteiger partial charge in [0.2, 0.25) is 5.91 Å². The van der Waals surface area contributed by atoms with E-state index in [-0.39, 0.29) is 24.4 Å². The molecular formula is C19H22ClN3O3. The highest BCUT2D eigenvalue weighted by atomic mass is 35.5. The van der Waals surface area contributed by atoms with Gasteiger partial charge in [0.05, 0.1) is 0 Å². The van der Waals surface area contributed by atoms with E-state index in [0.29, 0.717) is 35.1 Å². The first kappa shape index (κ1) is 19.8. The highest BCUT2D eigenvalue weighted by molar-refractivity contribution is 5.94.